The maximum atomic E-state index is 12.9. The molecule has 2 heteroatoms. The Labute approximate surface area is 115 Å². The summed E-state index contributed by atoms with van der Waals surface area (Å²) < 4.78 is 12.9. The fourth-order valence-corrected chi connectivity index (χ4v) is 4.36. The van der Waals surface area contributed by atoms with E-state index in [-0.39, 0.29) is 5.82 Å². The molecule has 0 radical (unpaired) electrons. The van der Waals surface area contributed by atoms with Crippen LogP contribution in [-0.4, -0.2) is 6.04 Å². The summed E-state index contributed by atoms with van der Waals surface area (Å²) in [6.45, 7) is 8.17. The zero-order valence-electron chi connectivity index (χ0n) is 12.2. The van der Waals surface area contributed by atoms with Crippen molar-refractivity contribution in [1.29, 1.82) is 0 Å². The highest BCUT2D eigenvalue weighted by atomic mass is 19.1. The highest BCUT2D eigenvalue weighted by Crippen LogP contribution is 2.65. The Balaban J connectivity index is 1.67. The molecule has 0 aromatic heterocycles. The Hall–Kier alpha value is -0.890. The van der Waals surface area contributed by atoms with Crippen molar-refractivity contribution in [3.8, 4) is 0 Å². The van der Waals surface area contributed by atoms with E-state index in [0.717, 1.165) is 12.5 Å². The Morgan fingerprint density at radius 3 is 2.42 bits per heavy atom. The Bertz CT molecular complexity index is 465. The van der Waals surface area contributed by atoms with Crippen molar-refractivity contribution < 1.29 is 4.39 Å². The van der Waals surface area contributed by atoms with Crippen molar-refractivity contribution in [3.05, 3.63) is 35.6 Å². The highest BCUT2D eigenvalue weighted by molar-refractivity contribution is 5.17. The lowest BCUT2D eigenvalue weighted by atomic mass is 9.69. The molecule has 1 aromatic rings. The van der Waals surface area contributed by atoms with Gasteiger partial charge in [-0.3, -0.25) is 0 Å². The van der Waals surface area contributed by atoms with Gasteiger partial charge in [-0.15, -0.1) is 0 Å². The van der Waals surface area contributed by atoms with Crippen LogP contribution in [0.5, 0.6) is 0 Å². The van der Waals surface area contributed by atoms with Gasteiger partial charge in [0.15, 0.2) is 0 Å². The van der Waals surface area contributed by atoms with Crippen LogP contribution in [0.25, 0.3) is 0 Å². The zero-order valence-corrected chi connectivity index (χ0v) is 12.2. The number of halogens is 1. The molecule has 1 aromatic carbocycles. The maximum absolute atomic E-state index is 12.9. The minimum atomic E-state index is -0.156. The van der Waals surface area contributed by atoms with Crippen molar-refractivity contribution in [2.75, 3.05) is 0 Å². The molecule has 0 amide bonds. The van der Waals surface area contributed by atoms with E-state index in [1.165, 1.54) is 24.8 Å². The number of hydrogen-bond acceptors (Lipinski definition) is 1. The van der Waals surface area contributed by atoms with E-state index < -0.39 is 0 Å². The molecule has 2 saturated carbocycles. The molecule has 0 aliphatic heterocycles. The highest BCUT2D eigenvalue weighted by Gasteiger charge is 2.60. The summed E-state index contributed by atoms with van der Waals surface area (Å²) in [6, 6.07) is 7.45. The average Bonchev–Trinajstić information content (AvgIpc) is 2.71. The second-order valence-electron chi connectivity index (χ2n) is 7.17. The lowest BCUT2D eigenvalue weighted by Crippen LogP contribution is -2.44. The molecule has 19 heavy (non-hydrogen) atoms. The standard InChI is InChI=1S/C17H24FN/c1-16(2)13-8-9-17(16,3)15(10-13)19-11-12-4-6-14(18)7-5-12/h4-7,13,15,19H,8-11H2,1-3H3. The van der Waals surface area contributed by atoms with E-state index in [2.05, 4.69) is 26.1 Å². The van der Waals surface area contributed by atoms with E-state index in [0.29, 0.717) is 16.9 Å². The molecule has 2 fully saturated rings. The molecular formula is C17H24FN. The molecule has 2 bridgehead atoms. The van der Waals surface area contributed by atoms with Crippen LogP contribution in [0, 0.1) is 22.6 Å². The van der Waals surface area contributed by atoms with Gasteiger partial charge in [0.1, 0.15) is 5.82 Å². The van der Waals surface area contributed by atoms with Gasteiger partial charge in [-0.25, -0.2) is 4.39 Å². The predicted octanol–water partition coefficient (Wildman–Crippen LogP) is 4.13. The van der Waals surface area contributed by atoms with Crippen molar-refractivity contribution in [1.82, 2.24) is 5.32 Å². The number of benzene rings is 1. The second-order valence-corrected chi connectivity index (χ2v) is 7.17. The fourth-order valence-electron chi connectivity index (χ4n) is 4.36. The van der Waals surface area contributed by atoms with Gasteiger partial charge in [0, 0.05) is 12.6 Å². The maximum Gasteiger partial charge on any atom is 0.123 e. The van der Waals surface area contributed by atoms with Crippen LogP contribution in [0.1, 0.15) is 45.6 Å². The molecule has 2 aliphatic carbocycles. The van der Waals surface area contributed by atoms with Gasteiger partial charge in [-0.2, -0.15) is 0 Å². The first-order valence-corrected chi connectivity index (χ1v) is 7.41. The SMILES string of the molecule is CC1(C)C2CCC1(C)C(NCc1ccc(F)cc1)C2. The normalized spacial score (nSPS) is 35.8. The van der Waals surface area contributed by atoms with Crippen LogP contribution < -0.4 is 5.32 Å². The summed E-state index contributed by atoms with van der Waals surface area (Å²) in [5.41, 5.74) is 2.04. The monoisotopic (exact) mass is 261 g/mol. The van der Waals surface area contributed by atoms with Gasteiger partial charge in [0.2, 0.25) is 0 Å². The molecule has 2 aliphatic rings. The van der Waals surface area contributed by atoms with Crippen molar-refractivity contribution in [2.24, 2.45) is 16.7 Å². The predicted molar refractivity (Wildman–Crippen MR) is 76.3 cm³/mol. The number of hydrogen-bond donors (Lipinski definition) is 1. The molecule has 1 nitrogen and oxygen atoms in total. The molecule has 3 rings (SSSR count). The number of nitrogens with one attached hydrogen (secondary N) is 1. The van der Waals surface area contributed by atoms with Gasteiger partial charge >= 0.3 is 0 Å². The van der Waals surface area contributed by atoms with Crippen LogP contribution in [-0.2, 0) is 6.54 Å². The van der Waals surface area contributed by atoms with E-state index in [1.807, 2.05) is 12.1 Å². The first-order valence-electron chi connectivity index (χ1n) is 7.41. The minimum Gasteiger partial charge on any atom is -0.309 e. The molecule has 104 valence electrons. The largest absolute Gasteiger partial charge is 0.309 e. The summed E-state index contributed by atoms with van der Waals surface area (Å²) in [7, 11) is 0. The van der Waals surface area contributed by atoms with Crippen LogP contribution in [0.4, 0.5) is 4.39 Å². The lowest BCUT2D eigenvalue weighted by Gasteiger charge is -2.39. The smallest absolute Gasteiger partial charge is 0.123 e. The number of rotatable bonds is 3. The first-order chi connectivity index (χ1) is 8.93. The van der Waals surface area contributed by atoms with Crippen LogP contribution >= 0.6 is 0 Å². The summed E-state index contributed by atoms with van der Waals surface area (Å²) >= 11 is 0. The Morgan fingerprint density at radius 1 is 1.21 bits per heavy atom. The minimum absolute atomic E-state index is 0.156. The lowest BCUT2D eigenvalue weighted by molar-refractivity contribution is 0.120. The zero-order chi connectivity index (χ0) is 13.7. The quantitative estimate of drug-likeness (QED) is 0.862. The van der Waals surface area contributed by atoms with Gasteiger partial charge < -0.3 is 5.32 Å². The average molecular weight is 261 g/mol. The van der Waals surface area contributed by atoms with Crippen molar-refractivity contribution in [3.63, 3.8) is 0 Å². The first kappa shape index (κ1) is 13.1. The van der Waals surface area contributed by atoms with Gasteiger partial charge in [-0.1, -0.05) is 32.9 Å². The summed E-state index contributed by atoms with van der Waals surface area (Å²) in [4.78, 5) is 0. The molecule has 0 heterocycles. The summed E-state index contributed by atoms with van der Waals surface area (Å²) in [6.07, 6.45) is 4.02. The Kier molecular flexibility index (Phi) is 2.97. The van der Waals surface area contributed by atoms with Gasteiger partial charge in [0.25, 0.3) is 0 Å². The van der Waals surface area contributed by atoms with Gasteiger partial charge in [0.05, 0.1) is 0 Å². The van der Waals surface area contributed by atoms with E-state index in [1.54, 1.807) is 12.1 Å². The van der Waals surface area contributed by atoms with E-state index >= 15 is 0 Å². The van der Waals surface area contributed by atoms with Crippen LogP contribution in [0.2, 0.25) is 0 Å². The molecule has 0 spiro atoms. The molecule has 1 N–H and O–H groups in total. The van der Waals surface area contributed by atoms with Crippen LogP contribution in [0.15, 0.2) is 24.3 Å². The molecular weight excluding hydrogens is 237 g/mol. The van der Waals surface area contributed by atoms with E-state index in [9.17, 15) is 4.39 Å². The van der Waals surface area contributed by atoms with Gasteiger partial charge in [-0.05, 0) is 53.7 Å². The Morgan fingerprint density at radius 2 is 1.89 bits per heavy atom. The molecule has 0 saturated heterocycles. The summed E-state index contributed by atoms with van der Waals surface area (Å²) in [5, 5.41) is 3.72. The summed E-state index contributed by atoms with van der Waals surface area (Å²) in [5.74, 6) is 0.708. The third-order valence-electron chi connectivity index (χ3n) is 6.26. The number of fused-ring (bicyclic) bond motifs is 2. The second kappa shape index (κ2) is 4.31. The van der Waals surface area contributed by atoms with E-state index in [4.69, 9.17) is 0 Å². The third kappa shape index (κ3) is 1.92. The van der Waals surface area contributed by atoms with Crippen LogP contribution in [0.3, 0.4) is 0 Å². The van der Waals surface area contributed by atoms with Crippen molar-refractivity contribution in [2.45, 2.75) is 52.6 Å². The van der Waals surface area contributed by atoms with Crippen molar-refractivity contribution >= 4 is 0 Å². The third-order valence-corrected chi connectivity index (χ3v) is 6.26. The fraction of sp³-hybridized carbons (Fsp3) is 0.647. The topological polar surface area (TPSA) is 12.0 Å². The molecule has 3 unspecified atom stereocenters. The molecule has 3 atom stereocenters.